The molecule has 96 valence electrons. The summed E-state index contributed by atoms with van der Waals surface area (Å²) in [6.45, 7) is 6.95. The average molecular weight is 237 g/mol. The Morgan fingerprint density at radius 1 is 1.12 bits per heavy atom. The van der Waals surface area contributed by atoms with Gasteiger partial charge < -0.3 is 15.5 Å². The van der Waals surface area contributed by atoms with Gasteiger partial charge in [0.1, 0.15) is 18.0 Å². The third-order valence-corrected chi connectivity index (χ3v) is 2.49. The number of likely N-dealkylation sites (N-methyl/N-ethyl adjacent to an activating group) is 1. The Bertz CT molecular complexity index is 338. The normalized spacial score (nSPS) is 10.6. The zero-order valence-electron chi connectivity index (χ0n) is 11.2. The second kappa shape index (κ2) is 7.06. The van der Waals surface area contributed by atoms with Crippen LogP contribution in [0, 0.1) is 0 Å². The van der Waals surface area contributed by atoms with Gasteiger partial charge in [0, 0.05) is 25.2 Å². The summed E-state index contributed by atoms with van der Waals surface area (Å²) in [5.74, 6) is 1.89. The van der Waals surface area contributed by atoms with Crippen LogP contribution in [-0.2, 0) is 6.42 Å². The van der Waals surface area contributed by atoms with Crippen molar-refractivity contribution in [2.75, 3.05) is 44.4 Å². The molecule has 1 aromatic heterocycles. The van der Waals surface area contributed by atoms with Crippen LogP contribution in [0.3, 0.4) is 0 Å². The molecule has 0 aromatic carbocycles. The first kappa shape index (κ1) is 13.7. The molecule has 2 N–H and O–H groups in total. The first-order valence-corrected chi connectivity index (χ1v) is 6.15. The zero-order valence-corrected chi connectivity index (χ0v) is 11.2. The van der Waals surface area contributed by atoms with E-state index in [0.717, 1.165) is 43.3 Å². The topological polar surface area (TPSA) is 53.1 Å². The molecule has 5 heteroatoms. The Morgan fingerprint density at radius 3 is 2.29 bits per heavy atom. The van der Waals surface area contributed by atoms with Crippen LogP contribution < -0.4 is 10.6 Å². The van der Waals surface area contributed by atoms with Crippen molar-refractivity contribution in [1.29, 1.82) is 0 Å². The summed E-state index contributed by atoms with van der Waals surface area (Å²) in [7, 11) is 4.12. The lowest BCUT2D eigenvalue weighted by molar-refractivity contribution is 0.425. The van der Waals surface area contributed by atoms with Crippen LogP contribution in [0.2, 0.25) is 0 Å². The van der Waals surface area contributed by atoms with Crippen LogP contribution in [0.5, 0.6) is 0 Å². The first-order valence-electron chi connectivity index (χ1n) is 6.15. The van der Waals surface area contributed by atoms with E-state index < -0.39 is 0 Å². The molecule has 0 amide bonds. The largest absolute Gasteiger partial charge is 0.370 e. The van der Waals surface area contributed by atoms with Gasteiger partial charge in [0.25, 0.3) is 0 Å². The van der Waals surface area contributed by atoms with E-state index in [0.29, 0.717) is 0 Å². The summed E-state index contributed by atoms with van der Waals surface area (Å²) in [5.41, 5.74) is 1.16. The monoisotopic (exact) mass is 237 g/mol. The number of aromatic nitrogens is 2. The smallest absolute Gasteiger partial charge is 0.134 e. The standard InChI is InChI=1S/C12H23N5/c1-5-10-11(13-6-2)15-9-16-12(10)14-7-8-17(3)4/h9H,5-8H2,1-4H3,(H2,13,14,15,16). The van der Waals surface area contributed by atoms with Crippen molar-refractivity contribution in [3.8, 4) is 0 Å². The van der Waals surface area contributed by atoms with Crippen molar-refractivity contribution in [3.63, 3.8) is 0 Å². The molecule has 0 spiro atoms. The van der Waals surface area contributed by atoms with E-state index in [1.54, 1.807) is 6.33 Å². The fourth-order valence-electron chi connectivity index (χ4n) is 1.62. The molecule has 1 aromatic rings. The van der Waals surface area contributed by atoms with Crippen LogP contribution in [0.25, 0.3) is 0 Å². The fourth-order valence-corrected chi connectivity index (χ4v) is 1.62. The maximum absolute atomic E-state index is 4.31. The minimum atomic E-state index is 0.876. The maximum atomic E-state index is 4.31. The number of hydrogen-bond acceptors (Lipinski definition) is 5. The van der Waals surface area contributed by atoms with Gasteiger partial charge in [0.2, 0.25) is 0 Å². The van der Waals surface area contributed by atoms with E-state index in [1.807, 2.05) is 0 Å². The molecule has 0 bridgehead atoms. The molecule has 1 heterocycles. The third-order valence-electron chi connectivity index (χ3n) is 2.49. The van der Waals surface area contributed by atoms with Gasteiger partial charge in [-0.25, -0.2) is 9.97 Å². The van der Waals surface area contributed by atoms with Crippen molar-refractivity contribution in [1.82, 2.24) is 14.9 Å². The molecule has 0 aliphatic carbocycles. The molecule has 0 fully saturated rings. The highest BCUT2D eigenvalue weighted by Gasteiger charge is 2.08. The fraction of sp³-hybridized carbons (Fsp3) is 0.667. The minimum Gasteiger partial charge on any atom is -0.370 e. The highest BCUT2D eigenvalue weighted by molar-refractivity contribution is 5.57. The average Bonchev–Trinajstić information content (AvgIpc) is 2.29. The van der Waals surface area contributed by atoms with Gasteiger partial charge in [-0.3, -0.25) is 0 Å². The van der Waals surface area contributed by atoms with E-state index in [-0.39, 0.29) is 0 Å². The van der Waals surface area contributed by atoms with E-state index >= 15 is 0 Å². The molecule has 5 nitrogen and oxygen atoms in total. The van der Waals surface area contributed by atoms with Crippen LogP contribution >= 0.6 is 0 Å². The highest BCUT2D eigenvalue weighted by Crippen LogP contribution is 2.19. The summed E-state index contributed by atoms with van der Waals surface area (Å²) in [6.07, 6.45) is 2.53. The van der Waals surface area contributed by atoms with Gasteiger partial charge in [0.05, 0.1) is 0 Å². The Labute approximate surface area is 104 Å². The van der Waals surface area contributed by atoms with Gasteiger partial charge >= 0.3 is 0 Å². The Balaban J connectivity index is 2.73. The quantitative estimate of drug-likeness (QED) is 0.751. The lowest BCUT2D eigenvalue weighted by Crippen LogP contribution is -2.22. The minimum absolute atomic E-state index is 0.876. The van der Waals surface area contributed by atoms with Crippen molar-refractivity contribution < 1.29 is 0 Å². The number of hydrogen-bond donors (Lipinski definition) is 2. The van der Waals surface area contributed by atoms with Crippen LogP contribution in [0.4, 0.5) is 11.6 Å². The molecule has 0 saturated heterocycles. The second-order valence-corrected chi connectivity index (χ2v) is 4.16. The number of nitrogens with zero attached hydrogens (tertiary/aromatic N) is 3. The van der Waals surface area contributed by atoms with Crippen molar-refractivity contribution in [2.45, 2.75) is 20.3 Å². The summed E-state index contributed by atoms with van der Waals surface area (Å²) >= 11 is 0. The number of rotatable bonds is 7. The molecule has 0 radical (unpaired) electrons. The first-order chi connectivity index (χ1) is 8.19. The van der Waals surface area contributed by atoms with Crippen LogP contribution in [0.1, 0.15) is 19.4 Å². The summed E-state index contributed by atoms with van der Waals surface area (Å²) in [4.78, 5) is 10.7. The highest BCUT2D eigenvalue weighted by atomic mass is 15.1. The molecule has 0 atom stereocenters. The van der Waals surface area contributed by atoms with Gasteiger partial charge in [-0.1, -0.05) is 6.92 Å². The molecule has 0 saturated carbocycles. The predicted molar refractivity (Wildman–Crippen MR) is 72.6 cm³/mol. The maximum Gasteiger partial charge on any atom is 0.134 e. The van der Waals surface area contributed by atoms with E-state index in [4.69, 9.17) is 0 Å². The van der Waals surface area contributed by atoms with Crippen molar-refractivity contribution >= 4 is 11.6 Å². The predicted octanol–water partition coefficient (Wildman–Crippen LogP) is 1.44. The summed E-state index contributed by atoms with van der Waals surface area (Å²) in [5, 5.41) is 6.63. The van der Waals surface area contributed by atoms with Gasteiger partial charge in [-0.05, 0) is 27.4 Å². The molecule has 0 aliphatic rings. The van der Waals surface area contributed by atoms with Gasteiger partial charge in [-0.2, -0.15) is 0 Å². The summed E-state index contributed by atoms with van der Waals surface area (Å²) < 4.78 is 0. The van der Waals surface area contributed by atoms with Gasteiger partial charge in [-0.15, -0.1) is 0 Å². The molecular formula is C12H23N5. The lowest BCUT2D eigenvalue weighted by Gasteiger charge is -2.15. The van der Waals surface area contributed by atoms with E-state index in [1.165, 1.54) is 0 Å². The van der Waals surface area contributed by atoms with Crippen molar-refractivity contribution in [3.05, 3.63) is 11.9 Å². The Hall–Kier alpha value is -1.36. The van der Waals surface area contributed by atoms with Crippen LogP contribution in [-0.4, -0.2) is 48.6 Å². The second-order valence-electron chi connectivity index (χ2n) is 4.16. The SMILES string of the molecule is CCNc1ncnc(NCCN(C)C)c1CC. The lowest BCUT2D eigenvalue weighted by atomic mass is 10.2. The third kappa shape index (κ3) is 4.19. The molecule has 17 heavy (non-hydrogen) atoms. The number of anilines is 2. The Kier molecular flexibility index (Phi) is 5.69. The zero-order chi connectivity index (χ0) is 12.7. The van der Waals surface area contributed by atoms with E-state index in [9.17, 15) is 0 Å². The molecule has 0 unspecified atom stereocenters. The number of nitrogens with one attached hydrogen (secondary N) is 2. The molecular weight excluding hydrogens is 214 g/mol. The van der Waals surface area contributed by atoms with Crippen molar-refractivity contribution in [2.24, 2.45) is 0 Å². The Morgan fingerprint density at radius 2 is 1.76 bits per heavy atom. The van der Waals surface area contributed by atoms with Crippen LogP contribution in [0.15, 0.2) is 6.33 Å². The van der Waals surface area contributed by atoms with E-state index in [2.05, 4.69) is 53.4 Å². The summed E-state index contributed by atoms with van der Waals surface area (Å²) in [6, 6.07) is 0. The van der Waals surface area contributed by atoms with Gasteiger partial charge in [0.15, 0.2) is 0 Å². The molecule has 1 rings (SSSR count). The molecule has 0 aliphatic heterocycles.